The first-order chi connectivity index (χ1) is 10.7. The third-order valence-corrected chi connectivity index (χ3v) is 3.81. The van der Waals surface area contributed by atoms with Crippen LogP contribution in [0.2, 0.25) is 5.02 Å². The quantitative estimate of drug-likeness (QED) is 0.750. The lowest BCUT2D eigenvalue weighted by molar-refractivity contribution is 0.0792. The molecule has 0 radical (unpaired) electrons. The second-order valence-electron chi connectivity index (χ2n) is 5.74. The van der Waals surface area contributed by atoms with E-state index in [0.29, 0.717) is 16.8 Å². The van der Waals surface area contributed by atoms with Gasteiger partial charge in [0.05, 0.1) is 5.60 Å². The number of aliphatic hydroxyl groups is 1. The van der Waals surface area contributed by atoms with Crippen LogP contribution >= 0.6 is 11.6 Å². The standard InChI is InChI=1S/C17H18ClFN2O2/c1-17(2,23)12-7-6-10(8-15(12)20)16(22)21-9-11-13(18)4-3-5-14(11)19/h3-8,23H,9,20H2,1-2H3,(H,21,22). The van der Waals surface area contributed by atoms with Crippen molar-refractivity contribution in [2.45, 2.75) is 26.0 Å². The molecule has 0 saturated carbocycles. The Balaban J connectivity index is 2.14. The summed E-state index contributed by atoms with van der Waals surface area (Å²) in [5.41, 5.74) is 6.18. The molecular formula is C17H18ClFN2O2. The van der Waals surface area contributed by atoms with Crippen molar-refractivity contribution in [2.75, 3.05) is 5.73 Å². The summed E-state index contributed by atoms with van der Waals surface area (Å²) in [7, 11) is 0. The number of nitrogens with one attached hydrogen (secondary N) is 1. The van der Waals surface area contributed by atoms with Crippen LogP contribution in [-0.4, -0.2) is 11.0 Å². The number of nitrogens with two attached hydrogens (primary N) is 1. The SMILES string of the molecule is CC(C)(O)c1ccc(C(=O)NCc2c(F)cccc2Cl)cc1N. The van der Waals surface area contributed by atoms with Crippen LogP contribution in [0.3, 0.4) is 0 Å². The average Bonchev–Trinajstić information content (AvgIpc) is 2.45. The van der Waals surface area contributed by atoms with E-state index in [-0.39, 0.29) is 17.1 Å². The van der Waals surface area contributed by atoms with Gasteiger partial charge < -0.3 is 16.2 Å². The fraction of sp³-hybridized carbons (Fsp3) is 0.235. The summed E-state index contributed by atoms with van der Waals surface area (Å²) in [6.45, 7) is 3.19. The van der Waals surface area contributed by atoms with Gasteiger partial charge in [-0.1, -0.05) is 23.7 Å². The maximum Gasteiger partial charge on any atom is 0.251 e. The van der Waals surface area contributed by atoms with Gasteiger partial charge in [0.15, 0.2) is 0 Å². The summed E-state index contributed by atoms with van der Waals surface area (Å²) in [5.74, 6) is -0.881. The molecule has 6 heteroatoms. The number of anilines is 1. The number of amides is 1. The van der Waals surface area contributed by atoms with Gasteiger partial charge in [-0.25, -0.2) is 4.39 Å². The smallest absolute Gasteiger partial charge is 0.251 e. The monoisotopic (exact) mass is 336 g/mol. The Morgan fingerprint density at radius 3 is 2.61 bits per heavy atom. The summed E-state index contributed by atoms with van der Waals surface area (Å²) in [6, 6.07) is 8.97. The highest BCUT2D eigenvalue weighted by Gasteiger charge is 2.20. The van der Waals surface area contributed by atoms with Crippen LogP contribution in [0.5, 0.6) is 0 Å². The van der Waals surface area contributed by atoms with Crippen LogP contribution in [0.15, 0.2) is 36.4 Å². The van der Waals surface area contributed by atoms with Crippen molar-refractivity contribution in [3.63, 3.8) is 0 Å². The first-order valence-corrected chi connectivity index (χ1v) is 7.41. The van der Waals surface area contributed by atoms with E-state index in [9.17, 15) is 14.3 Å². The van der Waals surface area contributed by atoms with E-state index in [4.69, 9.17) is 17.3 Å². The third kappa shape index (κ3) is 4.00. The van der Waals surface area contributed by atoms with Gasteiger partial charge in [0, 0.05) is 33.9 Å². The number of hydrogen-bond acceptors (Lipinski definition) is 3. The lowest BCUT2D eigenvalue weighted by Crippen LogP contribution is -2.24. The Morgan fingerprint density at radius 1 is 1.35 bits per heavy atom. The Morgan fingerprint density at radius 2 is 2.04 bits per heavy atom. The Kier molecular flexibility index (Phi) is 4.92. The van der Waals surface area contributed by atoms with E-state index < -0.39 is 17.3 Å². The van der Waals surface area contributed by atoms with E-state index in [1.807, 2.05) is 0 Å². The summed E-state index contributed by atoms with van der Waals surface area (Å²) in [4.78, 5) is 12.2. The third-order valence-electron chi connectivity index (χ3n) is 3.46. The van der Waals surface area contributed by atoms with Crippen molar-refractivity contribution in [3.8, 4) is 0 Å². The lowest BCUT2D eigenvalue weighted by Gasteiger charge is -2.20. The highest BCUT2D eigenvalue weighted by atomic mass is 35.5. The van der Waals surface area contributed by atoms with Gasteiger partial charge in [-0.3, -0.25) is 4.79 Å². The topological polar surface area (TPSA) is 75.3 Å². The highest BCUT2D eigenvalue weighted by molar-refractivity contribution is 6.31. The van der Waals surface area contributed by atoms with Crippen LogP contribution in [0, 0.1) is 5.82 Å². The average molecular weight is 337 g/mol. The second-order valence-corrected chi connectivity index (χ2v) is 6.15. The largest absolute Gasteiger partial charge is 0.398 e. The summed E-state index contributed by atoms with van der Waals surface area (Å²) in [5, 5.41) is 12.8. The fourth-order valence-corrected chi connectivity index (χ4v) is 2.46. The molecule has 4 nitrogen and oxygen atoms in total. The minimum atomic E-state index is -1.10. The van der Waals surface area contributed by atoms with E-state index >= 15 is 0 Å². The predicted octanol–water partition coefficient (Wildman–Crippen LogP) is 3.22. The molecule has 0 aliphatic rings. The van der Waals surface area contributed by atoms with Gasteiger partial charge in [0.2, 0.25) is 0 Å². The molecule has 0 aromatic heterocycles. The molecule has 0 atom stereocenters. The zero-order valence-electron chi connectivity index (χ0n) is 12.9. The normalized spacial score (nSPS) is 11.3. The van der Waals surface area contributed by atoms with Crippen LogP contribution in [0.25, 0.3) is 0 Å². The van der Waals surface area contributed by atoms with Crippen LogP contribution in [-0.2, 0) is 12.1 Å². The molecule has 0 bridgehead atoms. The molecule has 2 aromatic rings. The Bertz CT molecular complexity index is 722. The van der Waals surface area contributed by atoms with Crippen LogP contribution in [0.1, 0.15) is 35.3 Å². The molecule has 0 aliphatic carbocycles. The molecule has 0 spiro atoms. The van der Waals surface area contributed by atoms with E-state index in [2.05, 4.69) is 5.32 Å². The molecule has 122 valence electrons. The minimum Gasteiger partial charge on any atom is -0.398 e. The maximum absolute atomic E-state index is 13.7. The van der Waals surface area contributed by atoms with Crippen molar-refractivity contribution in [1.29, 1.82) is 0 Å². The van der Waals surface area contributed by atoms with E-state index in [1.165, 1.54) is 18.2 Å². The lowest BCUT2D eigenvalue weighted by atomic mass is 9.95. The number of carbonyl (C=O) groups is 1. The first kappa shape index (κ1) is 17.2. The molecule has 0 saturated heterocycles. The molecule has 0 unspecified atom stereocenters. The Hall–Kier alpha value is -2.11. The molecule has 2 rings (SSSR count). The first-order valence-electron chi connectivity index (χ1n) is 7.03. The fourth-order valence-electron chi connectivity index (χ4n) is 2.23. The van der Waals surface area contributed by atoms with Crippen LogP contribution in [0.4, 0.5) is 10.1 Å². The molecule has 2 aromatic carbocycles. The summed E-state index contributed by atoms with van der Waals surface area (Å²) in [6.07, 6.45) is 0. The van der Waals surface area contributed by atoms with Gasteiger partial charge in [0.25, 0.3) is 5.91 Å². The number of halogens is 2. The number of benzene rings is 2. The zero-order valence-corrected chi connectivity index (χ0v) is 13.6. The number of hydrogen-bond donors (Lipinski definition) is 3. The number of rotatable bonds is 4. The second kappa shape index (κ2) is 6.56. The van der Waals surface area contributed by atoms with E-state index in [0.717, 1.165) is 0 Å². The molecule has 1 amide bonds. The van der Waals surface area contributed by atoms with Crippen molar-refractivity contribution in [2.24, 2.45) is 0 Å². The number of nitrogen functional groups attached to an aromatic ring is 1. The van der Waals surface area contributed by atoms with Gasteiger partial charge in [0.1, 0.15) is 5.82 Å². The summed E-state index contributed by atoms with van der Waals surface area (Å²) < 4.78 is 13.7. The van der Waals surface area contributed by atoms with Crippen molar-refractivity contribution < 1.29 is 14.3 Å². The van der Waals surface area contributed by atoms with Crippen molar-refractivity contribution in [3.05, 3.63) is 63.9 Å². The zero-order chi connectivity index (χ0) is 17.2. The van der Waals surface area contributed by atoms with Gasteiger partial charge in [-0.2, -0.15) is 0 Å². The maximum atomic E-state index is 13.7. The number of carbonyl (C=O) groups excluding carboxylic acids is 1. The minimum absolute atomic E-state index is 0.0303. The van der Waals surface area contributed by atoms with Crippen molar-refractivity contribution >= 4 is 23.2 Å². The molecule has 0 aliphatic heterocycles. The molecule has 4 N–H and O–H groups in total. The van der Waals surface area contributed by atoms with Gasteiger partial charge in [-0.05, 0) is 38.1 Å². The molecule has 0 fully saturated rings. The Labute approximate surface area is 139 Å². The van der Waals surface area contributed by atoms with Gasteiger partial charge in [-0.15, -0.1) is 0 Å². The van der Waals surface area contributed by atoms with Gasteiger partial charge >= 0.3 is 0 Å². The predicted molar refractivity (Wildman–Crippen MR) is 88.7 cm³/mol. The molecule has 0 heterocycles. The molecule has 23 heavy (non-hydrogen) atoms. The van der Waals surface area contributed by atoms with Crippen LogP contribution < -0.4 is 11.1 Å². The van der Waals surface area contributed by atoms with Crippen molar-refractivity contribution in [1.82, 2.24) is 5.32 Å². The molecular weight excluding hydrogens is 319 g/mol. The van der Waals surface area contributed by atoms with E-state index in [1.54, 1.807) is 32.0 Å². The highest BCUT2D eigenvalue weighted by Crippen LogP contribution is 2.26. The summed E-state index contributed by atoms with van der Waals surface area (Å²) >= 11 is 5.92.